The molecule has 0 rings (SSSR count). The third-order valence-corrected chi connectivity index (χ3v) is 0.570. The molecule has 0 saturated carbocycles. The second-order valence-electron chi connectivity index (χ2n) is 1.29. The summed E-state index contributed by atoms with van der Waals surface area (Å²) < 4.78 is 0. The minimum Gasteiger partial charge on any atom is -0.329 e. The van der Waals surface area contributed by atoms with Gasteiger partial charge in [0.15, 0.2) is 0 Å². The van der Waals surface area contributed by atoms with Gasteiger partial charge in [-0.05, 0) is 12.6 Å². The molecule has 0 fully saturated rings. The maximum atomic E-state index is 5.16. The van der Waals surface area contributed by atoms with Gasteiger partial charge in [-0.1, -0.05) is 6.92 Å². The van der Waals surface area contributed by atoms with Gasteiger partial charge in [0, 0.05) is 6.54 Å². The zero-order valence-electron chi connectivity index (χ0n) is 4.72. The molecule has 0 aliphatic carbocycles. The van der Waals surface area contributed by atoms with Crippen LogP contribution in [0.5, 0.6) is 0 Å². The summed E-state index contributed by atoms with van der Waals surface area (Å²) in [5, 5.41) is 0. The minimum atomic E-state index is 0.663. The minimum absolute atomic E-state index is 0.663. The maximum Gasteiger partial charge on any atom is 0.0508 e. The van der Waals surface area contributed by atoms with Gasteiger partial charge in [0.1, 0.15) is 0 Å². The Kier molecular flexibility index (Phi) is 5.33. The van der Waals surface area contributed by atoms with Crippen molar-refractivity contribution in [2.75, 3.05) is 13.1 Å². The number of aliphatic imine (C=N–C) groups is 1. The van der Waals surface area contributed by atoms with E-state index in [0.29, 0.717) is 6.54 Å². The Morgan fingerprint density at radius 3 is 2.86 bits per heavy atom. The average Bonchev–Trinajstić information content (AvgIpc) is 1.69. The fourth-order valence-electron chi connectivity index (χ4n) is 0.295. The van der Waals surface area contributed by atoms with E-state index in [2.05, 4.69) is 11.9 Å². The van der Waals surface area contributed by atoms with Crippen molar-refractivity contribution in [1.82, 2.24) is 0 Å². The standard InChI is InChI=1S/C5H12N2/c1-2-4-7-5-3-6/h4H,2-3,5-6H2,1H3. The number of hydrogen-bond donors (Lipinski definition) is 1. The van der Waals surface area contributed by atoms with E-state index >= 15 is 0 Å². The number of nitrogens with two attached hydrogens (primary N) is 1. The topological polar surface area (TPSA) is 38.4 Å². The molecule has 0 aromatic rings. The van der Waals surface area contributed by atoms with Crippen LogP contribution in [0.2, 0.25) is 0 Å². The van der Waals surface area contributed by atoms with Crippen molar-refractivity contribution in [2.24, 2.45) is 10.7 Å². The maximum absolute atomic E-state index is 5.16. The molecule has 7 heavy (non-hydrogen) atoms. The molecule has 2 N–H and O–H groups in total. The van der Waals surface area contributed by atoms with E-state index < -0.39 is 0 Å². The van der Waals surface area contributed by atoms with Crippen LogP contribution in [0.15, 0.2) is 4.99 Å². The molecule has 0 unspecified atom stereocenters. The Morgan fingerprint density at radius 2 is 2.43 bits per heavy atom. The Balaban J connectivity index is 2.78. The Hall–Kier alpha value is -0.370. The van der Waals surface area contributed by atoms with Crippen LogP contribution in [0.3, 0.4) is 0 Å². The van der Waals surface area contributed by atoms with Gasteiger partial charge in [-0.2, -0.15) is 0 Å². The van der Waals surface area contributed by atoms with Crippen LogP contribution in [0.25, 0.3) is 0 Å². The van der Waals surface area contributed by atoms with Gasteiger partial charge in [0.25, 0.3) is 0 Å². The highest BCUT2D eigenvalue weighted by Crippen LogP contribution is 1.67. The second-order valence-corrected chi connectivity index (χ2v) is 1.29. The van der Waals surface area contributed by atoms with E-state index in [1.54, 1.807) is 0 Å². The molecule has 0 saturated heterocycles. The van der Waals surface area contributed by atoms with Gasteiger partial charge in [-0.15, -0.1) is 0 Å². The lowest BCUT2D eigenvalue weighted by Gasteiger charge is -1.81. The summed E-state index contributed by atoms with van der Waals surface area (Å²) in [6.07, 6.45) is 2.90. The summed E-state index contributed by atoms with van der Waals surface area (Å²) in [7, 11) is 0. The lowest BCUT2D eigenvalue weighted by molar-refractivity contribution is 0.975. The molecular weight excluding hydrogens is 88.1 g/mol. The normalized spacial score (nSPS) is 10.6. The molecule has 42 valence electrons. The molecule has 0 spiro atoms. The first-order valence-corrected chi connectivity index (χ1v) is 2.60. The summed E-state index contributed by atoms with van der Waals surface area (Å²) in [6, 6.07) is 0. The molecule has 0 atom stereocenters. The van der Waals surface area contributed by atoms with Gasteiger partial charge in [0.05, 0.1) is 6.54 Å². The molecule has 0 aliphatic rings. The molecule has 2 nitrogen and oxygen atoms in total. The van der Waals surface area contributed by atoms with Crippen molar-refractivity contribution in [3.05, 3.63) is 0 Å². The lowest BCUT2D eigenvalue weighted by Crippen LogP contribution is -2.01. The molecule has 0 radical (unpaired) electrons. The predicted octanol–water partition coefficient (Wildman–Crippen LogP) is 0.426. The highest BCUT2D eigenvalue weighted by Gasteiger charge is 1.67. The van der Waals surface area contributed by atoms with Gasteiger partial charge in [0.2, 0.25) is 0 Å². The molecular formula is C5H12N2. The third kappa shape index (κ3) is 5.63. The number of nitrogens with zero attached hydrogens (tertiary/aromatic N) is 1. The molecule has 0 amide bonds. The molecule has 0 aromatic carbocycles. The van der Waals surface area contributed by atoms with Crippen molar-refractivity contribution in [3.63, 3.8) is 0 Å². The summed E-state index contributed by atoms with van der Waals surface area (Å²) in [4.78, 5) is 3.96. The van der Waals surface area contributed by atoms with Crippen molar-refractivity contribution in [3.8, 4) is 0 Å². The van der Waals surface area contributed by atoms with Gasteiger partial charge in [-0.25, -0.2) is 0 Å². The zero-order valence-corrected chi connectivity index (χ0v) is 4.72. The molecule has 2 heteroatoms. The van der Waals surface area contributed by atoms with Crippen molar-refractivity contribution >= 4 is 6.21 Å². The first kappa shape index (κ1) is 6.63. The van der Waals surface area contributed by atoms with Crippen LogP contribution in [-0.2, 0) is 0 Å². The van der Waals surface area contributed by atoms with E-state index in [1.165, 1.54) is 0 Å². The average molecular weight is 100 g/mol. The molecule has 0 bridgehead atoms. The van der Waals surface area contributed by atoms with Crippen LogP contribution >= 0.6 is 0 Å². The van der Waals surface area contributed by atoms with Gasteiger partial charge < -0.3 is 5.73 Å². The SMILES string of the molecule is CCC=NCCN. The monoisotopic (exact) mass is 100 g/mol. The van der Waals surface area contributed by atoms with E-state index in [0.717, 1.165) is 13.0 Å². The first-order valence-electron chi connectivity index (χ1n) is 2.60. The van der Waals surface area contributed by atoms with Gasteiger partial charge >= 0.3 is 0 Å². The Morgan fingerprint density at radius 1 is 1.71 bits per heavy atom. The quantitative estimate of drug-likeness (QED) is 0.513. The highest BCUT2D eigenvalue weighted by atomic mass is 14.7. The number of hydrogen-bond acceptors (Lipinski definition) is 2. The first-order chi connectivity index (χ1) is 3.41. The van der Waals surface area contributed by atoms with Crippen LogP contribution in [-0.4, -0.2) is 19.3 Å². The van der Waals surface area contributed by atoms with Crippen LogP contribution < -0.4 is 5.73 Å². The van der Waals surface area contributed by atoms with Crippen LogP contribution in [0, 0.1) is 0 Å². The van der Waals surface area contributed by atoms with Crippen LogP contribution in [0.4, 0.5) is 0 Å². The molecule has 0 aromatic heterocycles. The Labute approximate surface area is 44.4 Å². The largest absolute Gasteiger partial charge is 0.329 e. The van der Waals surface area contributed by atoms with E-state index in [-0.39, 0.29) is 0 Å². The smallest absolute Gasteiger partial charge is 0.0508 e. The van der Waals surface area contributed by atoms with Crippen molar-refractivity contribution in [1.29, 1.82) is 0 Å². The summed E-state index contributed by atoms with van der Waals surface area (Å²) >= 11 is 0. The fourth-order valence-corrected chi connectivity index (χ4v) is 0.295. The van der Waals surface area contributed by atoms with Crippen molar-refractivity contribution in [2.45, 2.75) is 13.3 Å². The Bertz CT molecular complexity index is 50.0. The fraction of sp³-hybridized carbons (Fsp3) is 0.800. The summed E-state index contributed by atoms with van der Waals surface area (Å²) in [5.74, 6) is 0. The van der Waals surface area contributed by atoms with Crippen LogP contribution in [0.1, 0.15) is 13.3 Å². The van der Waals surface area contributed by atoms with E-state index in [4.69, 9.17) is 5.73 Å². The van der Waals surface area contributed by atoms with E-state index in [9.17, 15) is 0 Å². The third-order valence-electron chi connectivity index (χ3n) is 0.570. The molecule has 0 aliphatic heterocycles. The van der Waals surface area contributed by atoms with Gasteiger partial charge in [-0.3, -0.25) is 4.99 Å². The second kappa shape index (κ2) is 5.63. The zero-order chi connectivity index (χ0) is 5.54. The van der Waals surface area contributed by atoms with Crippen molar-refractivity contribution < 1.29 is 0 Å². The lowest BCUT2D eigenvalue weighted by atomic mass is 10.5. The highest BCUT2D eigenvalue weighted by molar-refractivity contribution is 5.56. The predicted molar refractivity (Wildman–Crippen MR) is 32.7 cm³/mol. The summed E-state index contributed by atoms with van der Waals surface area (Å²) in [6.45, 7) is 3.49. The van der Waals surface area contributed by atoms with E-state index in [1.807, 2.05) is 6.21 Å². The molecule has 0 heterocycles. The summed E-state index contributed by atoms with van der Waals surface area (Å²) in [5.41, 5.74) is 5.16. The number of rotatable bonds is 3.